The van der Waals surface area contributed by atoms with Gasteiger partial charge in [0.2, 0.25) is 0 Å². The molecule has 1 saturated heterocycles. The van der Waals surface area contributed by atoms with E-state index in [1.165, 1.54) is 11.1 Å². The van der Waals surface area contributed by atoms with E-state index in [1.807, 2.05) is 66.7 Å². The van der Waals surface area contributed by atoms with E-state index in [1.54, 1.807) is 0 Å². The Morgan fingerprint density at radius 1 is 0.676 bits per heavy atom. The number of likely N-dealkylation sites (tertiary alicyclic amines) is 1. The Labute approximate surface area is 218 Å². The van der Waals surface area contributed by atoms with Crippen molar-refractivity contribution >= 4 is 5.71 Å². The summed E-state index contributed by atoms with van der Waals surface area (Å²) >= 11 is 0. The molecule has 1 N–H and O–H groups in total. The van der Waals surface area contributed by atoms with Gasteiger partial charge in [-0.1, -0.05) is 91.0 Å². The average molecular weight is 493 g/mol. The molecule has 1 aliphatic rings. The zero-order valence-electron chi connectivity index (χ0n) is 20.8. The lowest BCUT2D eigenvalue weighted by Crippen LogP contribution is -2.49. The Morgan fingerprint density at radius 3 is 1.76 bits per heavy atom. The predicted molar refractivity (Wildman–Crippen MR) is 147 cm³/mol. The lowest BCUT2D eigenvalue weighted by atomic mass is 9.94. The van der Waals surface area contributed by atoms with Gasteiger partial charge >= 0.3 is 0 Å². The highest BCUT2D eigenvalue weighted by Gasteiger charge is 2.31. The molecule has 0 aromatic heterocycles. The smallest absolute Gasteiger partial charge is 0.120 e. The third-order valence-corrected chi connectivity index (χ3v) is 6.41. The fourth-order valence-corrected chi connectivity index (χ4v) is 4.44. The van der Waals surface area contributed by atoms with Crippen molar-refractivity contribution in [1.82, 2.24) is 4.90 Å². The van der Waals surface area contributed by atoms with E-state index in [9.17, 15) is 5.11 Å². The van der Waals surface area contributed by atoms with Crippen LogP contribution in [-0.4, -0.2) is 48.1 Å². The van der Waals surface area contributed by atoms with Crippen LogP contribution in [0.5, 0.6) is 11.5 Å². The van der Waals surface area contributed by atoms with Crippen LogP contribution in [-0.2, 0) is 6.61 Å². The minimum atomic E-state index is -0.658. The maximum Gasteiger partial charge on any atom is 0.120 e. The molecule has 5 rings (SSSR count). The van der Waals surface area contributed by atoms with Crippen molar-refractivity contribution in [2.45, 2.75) is 18.8 Å². The Bertz CT molecular complexity index is 1210. The molecule has 0 aliphatic carbocycles. The molecule has 4 aromatic rings. The highest BCUT2D eigenvalue weighted by molar-refractivity contribution is 5.93. The first-order valence-electron chi connectivity index (χ1n) is 12.7. The van der Waals surface area contributed by atoms with Gasteiger partial charge < -0.3 is 14.6 Å². The zero-order valence-corrected chi connectivity index (χ0v) is 20.8. The molecule has 5 heteroatoms. The van der Waals surface area contributed by atoms with Crippen molar-refractivity contribution in [1.29, 1.82) is 0 Å². The van der Waals surface area contributed by atoms with Crippen molar-refractivity contribution in [3.05, 3.63) is 132 Å². The molecule has 1 fully saturated rings. The van der Waals surface area contributed by atoms with Crippen LogP contribution in [0.2, 0.25) is 0 Å². The van der Waals surface area contributed by atoms with Crippen molar-refractivity contribution in [3.63, 3.8) is 0 Å². The summed E-state index contributed by atoms with van der Waals surface area (Å²) in [6, 6.07) is 38.9. The summed E-state index contributed by atoms with van der Waals surface area (Å²) in [5.74, 6) is 1.48. The lowest BCUT2D eigenvalue weighted by molar-refractivity contribution is 0.114. The van der Waals surface area contributed by atoms with E-state index in [4.69, 9.17) is 9.47 Å². The van der Waals surface area contributed by atoms with E-state index in [-0.39, 0.29) is 12.6 Å². The molecular formula is C32H32N2O3. The van der Waals surface area contributed by atoms with Crippen LogP contribution in [0.3, 0.4) is 0 Å². The Morgan fingerprint density at radius 2 is 1.19 bits per heavy atom. The molecule has 1 atom stereocenters. The normalized spacial score (nSPS) is 14.2. The fraction of sp³-hybridized carbons (Fsp3) is 0.219. The minimum absolute atomic E-state index is 0.196. The van der Waals surface area contributed by atoms with E-state index in [0.29, 0.717) is 18.9 Å². The van der Waals surface area contributed by atoms with Gasteiger partial charge in [0.25, 0.3) is 0 Å². The van der Waals surface area contributed by atoms with E-state index >= 15 is 0 Å². The van der Waals surface area contributed by atoms with Crippen molar-refractivity contribution < 1.29 is 14.6 Å². The highest BCUT2D eigenvalue weighted by atomic mass is 16.5. The van der Waals surface area contributed by atoms with E-state index < -0.39 is 6.10 Å². The van der Waals surface area contributed by atoms with Gasteiger partial charge in [0.05, 0.1) is 12.6 Å². The second-order valence-corrected chi connectivity index (χ2v) is 9.25. The molecule has 5 nitrogen and oxygen atoms in total. The van der Waals surface area contributed by atoms with Crippen LogP contribution in [0, 0.1) is 0 Å². The maximum absolute atomic E-state index is 10.4. The first-order chi connectivity index (χ1) is 18.2. The molecule has 0 radical (unpaired) electrons. The first kappa shape index (κ1) is 24.8. The second-order valence-electron chi connectivity index (χ2n) is 9.25. The zero-order chi connectivity index (χ0) is 25.3. The van der Waals surface area contributed by atoms with Crippen LogP contribution >= 0.6 is 0 Å². The molecule has 37 heavy (non-hydrogen) atoms. The molecule has 0 spiro atoms. The number of aliphatic imine (C=N–C) groups is 1. The quantitative estimate of drug-likeness (QED) is 0.298. The molecule has 4 aromatic carbocycles. The maximum atomic E-state index is 10.4. The highest BCUT2D eigenvalue weighted by Crippen LogP contribution is 2.31. The van der Waals surface area contributed by atoms with E-state index in [2.05, 4.69) is 58.4 Å². The van der Waals surface area contributed by atoms with Crippen LogP contribution in [0.15, 0.2) is 120 Å². The van der Waals surface area contributed by atoms with Gasteiger partial charge in [0, 0.05) is 18.8 Å². The largest absolute Gasteiger partial charge is 0.491 e. The number of aliphatic hydroxyl groups is 1. The van der Waals surface area contributed by atoms with Crippen LogP contribution < -0.4 is 9.47 Å². The number of aliphatic hydroxyl groups excluding tert-OH is 1. The summed E-state index contributed by atoms with van der Waals surface area (Å²) < 4.78 is 11.6. The molecule has 0 unspecified atom stereocenters. The molecule has 1 aliphatic heterocycles. The summed E-state index contributed by atoms with van der Waals surface area (Å²) in [5, 5.41) is 10.4. The molecule has 188 valence electrons. The van der Waals surface area contributed by atoms with E-state index in [0.717, 1.165) is 30.1 Å². The van der Waals surface area contributed by atoms with Crippen molar-refractivity contribution in [2.24, 2.45) is 4.99 Å². The molecule has 0 amide bonds. The van der Waals surface area contributed by atoms with Crippen LogP contribution in [0.25, 0.3) is 0 Å². The van der Waals surface area contributed by atoms with Gasteiger partial charge in [0.15, 0.2) is 0 Å². The summed E-state index contributed by atoms with van der Waals surface area (Å²) in [4.78, 5) is 7.06. The predicted octanol–water partition coefficient (Wildman–Crippen LogP) is 5.55. The van der Waals surface area contributed by atoms with Gasteiger partial charge in [0.1, 0.15) is 30.8 Å². The number of hydrogen-bond donors (Lipinski definition) is 1. The summed E-state index contributed by atoms with van der Waals surface area (Å²) in [6.07, 6.45) is -0.658. The third-order valence-electron chi connectivity index (χ3n) is 6.41. The topological polar surface area (TPSA) is 54.3 Å². The minimum Gasteiger partial charge on any atom is -0.491 e. The number of ether oxygens (including phenoxy) is 2. The van der Waals surface area contributed by atoms with Crippen LogP contribution in [0.1, 0.15) is 22.7 Å². The van der Waals surface area contributed by atoms with Crippen molar-refractivity contribution in [2.75, 3.05) is 26.2 Å². The third kappa shape index (κ3) is 6.85. The Kier molecular flexibility index (Phi) is 8.26. The summed E-state index contributed by atoms with van der Waals surface area (Å²) in [7, 11) is 0. The molecule has 0 saturated carbocycles. The van der Waals surface area contributed by atoms with Gasteiger partial charge in [-0.3, -0.25) is 9.89 Å². The van der Waals surface area contributed by atoms with Gasteiger partial charge in [-0.2, -0.15) is 0 Å². The standard InChI is InChI=1S/C32H32N2O3/c35-29(24-37-31-18-16-30(17-19-31)36-23-25-10-4-1-5-11-25)20-33-28-21-34(22-28)32(26-12-6-2-7-13-26)27-14-8-3-9-15-27/h1-19,29,32,35H,20-24H2/t29-/m0/s1. The van der Waals surface area contributed by atoms with Gasteiger partial charge in [-0.15, -0.1) is 0 Å². The number of rotatable bonds is 11. The first-order valence-corrected chi connectivity index (χ1v) is 12.7. The molecular weight excluding hydrogens is 460 g/mol. The molecule has 1 heterocycles. The van der Waals surface area contributed by atoms with Crippen molar-refractivity contribution in [3.8, 4) is 11.5 Å². The summed E-state index contributed by atoms with van der Waals surface area (Å²) in [6.45, 7) is 2.65. The number of nitrogens with zero attached hydrogens (tertiary/aromatic N) is 2. The molecule has 0 bridgehead atoms. The van der Waals surface area contributed by atoms with Gasteiger partial charge in [-0.05, 0) is 41.0 Å². The Hall–Kier alpha value is -3.93. The fourth-order valence-electron chi connectivity index (χ4n) is 4.44. The number of benzene rings is 4. The van der Waals surface area contributed by atoms with Gasteiger partial charge in [-0.25, -0.2) is 0 Å². The SMILES string of the molecule is O[C@@H](CN=C1CN(C(c2ccccc2)c2ccccc2)C1)COc1ccc(OCc2ccccc2)cc1. The average Bonchev–Trinajstić information content (AvgIpc) is 2.94. The lowest BCUT2D eigenvalue weighted by Gasteiger charge is -2.40. The second kappa shape index (κ2) is 12.3. The summed E-state index contributed by atoms with van der Waals surface area (Å²) in [5.41, 5.74) is 4.78. The van der Waals surface area contributed by atoms with Crippen LogP contribution in [0.4, 0.5) is 0 Å². The Balaban J connectivity index is 1.07. The number of hydrogen-bond acceptors (Lipinski definition) is 5. The monoisotopic (exact) mass is 492 g/mol.